The first-order chi connectivity index (χ1) is 12.8. The highest BCUT2D eigenvalue weighted by molar-refractivity contribution is 7.46. The van der Waals surface area contributed by atoms with Crippen molar-refractivity contribution < 1.29 is 73.6 Å². The molecule has 2 heterocycles. The SMILES string of the molecule is O=C(O)[C@H]1OC(OC2O[C@H](COP(=O)(O)O)[C@H](O)[C@H](O)[C@H]2O)[C@H](O)[C@@H](O)[C@@H]1O. The molecule has 0 aliphatic carbocycles. The molecule has 2 unspecified atom stereocenters. The monoisotopic (exact) mass is 436 g/mol. The first kappa shape index (κ1) is 23.5. The number of aliphatic hydroxyl groups is 6. The minimum absolute atomic E-state index is 0.928. The van der Waals surface area contributed by atoms with Crippen LogP contribution in [0.4, 0.5) is 0 Å². The molecule has 0 saturated carbocycles. The number of carbonyl (C=O) groups is 1. The highest BCUT2D eigenvalue weighted by Gasteiger charge is 2.51. The van der Waals surface area contributed by atoms with Crippen molar-refractivity contribution in [1.29, 1.82) is 0 Å². The van der Waals surface area contributed by atoms with Crippen LogP contribution < -0.4 is 0 Å². The van der Waals surface area contributed by atoms with Crippen molar-refractivity contribution in [3.8, 4) is 0 Å². The van der Waals surface area contributed by atoms with Crippen molar-refractivity contribution in [3.05, 3.63) is 0 Å². The largest absolute Gasteiger partial charge is 0.479 e. The number of hydrogen-bond donors (Lipinski definition) is 9. The first-order valence-corrected chi connectivity index (χ1v) is 9.34. The van der Waals surface area contributed by atoms with Gasteiger partial charge < -0.3 is 59.7 Å². The Morgan fingerprint density at radius 3 is 1.82 bits per heavy atom. The van der Waals surface area contributed by atoms with Crippen LogP contribution in [0.2, 0.25) is 0 Å². The van der Waals surface area contributed by atoms with Gasteiger partial charge in [-0.2, -0.15) is 0 Å². The summed E-state index contributed by atoms with van der Waals surface area (Å²) in [6.45, 7) is -0.928. The average Bonchev–Trinajstić information content (AvgIpc) is 2.60. The van der Waals surface area contributed by atoms with Gasteiger partial charge >= 0.3 is 13.8 Å². The topological polar surface area (TPSA) is 253 Å². The summed E-state index contributed by atoms with van der Waals surface area (Å²) >= 11 is 0. The summed E-state index contributed by atoms with van der Waals surface area (Å²) in [5, 5.41) is 67.8. The Bertz CT molecular complexity index is 596. The molecule has 164 valence electrons. The van der Waals surface area contributed by atoms with Crippen molar-refractivity contribution in [1.82, 2.24) is 0 Å². The highest BCUT2D eigenvalue weighted by atomic mass is 31.2. The van der Waals surface area contributed by atoms with Crippen LogP contribution in [-0.4, -0.2) is 120 Å². The maximum Gasteiger partial charge on any atom is 0.469 e. The molecule has 0 aromatic carbocycles. The number of carboxylic acid groups (broad SMARTS) is 1. The zero-order chi connectivity index (χ0) is 21.4. The Labute approximate surface area is 156 Å². The zero-order valence-electron chi connectivity index (χ0n) is 13.9. The summed E-state index contributed by atoms with van der Waals surface area (Å²) in [5.74, 6) is -1.69. The lowest BCUT2D eigenvalue weighted by molar-refractivity contribution is -0.372. The number of carboxylic acids is 1. The van der Waals surface area contributed by atoms with Crippen LogP contribution in [0.3, 0.4) is 0 Å². The average molecular weight is 436 g/mol. The van der Waals surface area contributed by atoms with Crippen molar-refractivity contribution in [2.24, 2.45) is 0 Å². The van der Waals surface area contributed by atoms with Crippen LogP contribution in [0.5, 0.6) is 0 Å². The number of aliphatic hydroxyl groups excluding tert-OH is 6. The third-order valence-electron chi connectivity index (χ3n) is 4.16. The van der Waals surface area contributed by atoms with E-state index in [9.17, 15) is 40.0 Å². The predicted octanol–water partition coefficient (Wildman–Crippen LogP) is -5.19. The van der Waals surface area contributed by atoms with E-state index in [2.05, 4.69) is 4.52 Å². The fraction of sp³-hybridized carbons (Fsp3) is 0.917. The molecular weight excluding hydrogens is 415 g/mol. The number of phosphoric ester groups is 1. The van der Waals surface area contributed by atoms with Gasteiger partial charge in [0.05, 0.1) is 6.61 Å². The molecule has 0 aromatic heterocycles. The molecule has 9 N–H and O–H groups in total. The molecule has 28 heavy (non-hydrogen) atoms. The Hall–Kier alpha value is -0.780. The van der Waals surface area contributed by atoms with Gasteiger partial charge in [-0.3, -0.25) is 4.52 Å². The summed E-state index contributed by atoms with van der Waals surface area (Å²) in [4.78, 5) is 28.5. The molecule has 10 atom stereocenters. The van der Waals surface area contributed by atoms with Crippen LogP contribution in [0.1, 0.15) is 0 Å². The van der Waals surface area contributed by atoms with Gasteiger partial charge in [-0.1, -0.05) is 0 Å². The Morgan fingerprint density at radius 1 is 0.821 bits per heavy atom. The van der Waals surface area contributed by atoms with Gasteiger partial charge in [0, 0.05) is 0 Å². The quantitative estimate of drug-likeness (QED) is 0.176. The summed E-state index contributed by atoms with van der Waals surface area (Å²) < 4.78 is 29.9. The van der Waals surface area contributed by atoms with Gasteiger partial charge in [0.1, 0.15) is 42.7 Å². The predicted molar refractivity (Wildman–Crippen MR) is 80.1 cm³/mol. The molecule has 0 bridgehead atoms. The highest BCUT2D eigenvalue weighted by Crippen LogP contribution is 2.37. The molecule has 2 aliphatic rings. The van der Waals surface area contributed by atoms with Crippen LogP contribution in [0, 0.1) is 0 Å². The number of hydrogen-bond acceptors (Lipinski definition) is 12. The van der Waals surface area contributed by atoms with Crippen LogP contribution in [0.25, 0.3) is 0 Å². The molecule has 0 spiro atoms. The molecule has 15 nitrogen and oxygen atoms in total. The van der Waals surface area contributed by atoms with Gasteiger partial charge in [0.2, 0.25) is 0 Å². The van der Waals surface area contributed by atoms with E-state index in [0.29, 0.717) is 0 Å². The van der Waals surface area contributed by atoms with Crippen molar-refractivity contribution >= 4 is 13.8 Å². The Kier molecular flexibility index (Phi) is 7.49. The summed E-state index contributed by atoms with van der Waals surface area (Å²) in [7, 11) is -4.96. The molecule has 2 saturated heterocycles. The van der Waals surface area contributed by atoms with Crippen molar-refractivity contribution in [3.63, 3.8) is 0 Å². The molecular formula is C12H21O15P. The number of aliphatic carboxylic acids is 1. The summed E-state index contributed by atoms with van der Waals surface area (Å²) in [5.41, 5.74) is 0. The lowest BCUT2D eigenvalue weighted by Gasteiger charge is -2.44. The van der Waals surface area contributed by atoms with Gasteiger partial charge in [0.15, 0.2) is 18.7 Å². The zero-order valence-corrected chi connectivity index (χ0v) is 14.8. The third kappa shape index (κ3) is 5.22. The number of phosphoric acid groups is 1. The fourth-order valence-corrected chi connectivity index (χ4v) is 2.97. The van der Waals surface area contributed by atoms with E-state index in [0.717, 1.165) is 0 Å². The molecule has 2 fully saturated rings. The minimum Gasteiger partial charge on any atom is -0.479 e. The summed E-state index contributed by atoms with van der Waals surface area (Å²) in [6, 6.07) is 0. The van der Waals surface area contributed by atoms with Gasteiger partial charge in [0.25, 0.3) is 0 Å². The van der Waals surface area contributed by atoms with Crippen LogP contribution in [-0.2, 0) is 28.1 Å². The van der Waals surface area contributed by atoms with Gasteiger partial charge in [-0.15, -0.1) is 0 Å². The van der Waals surface area contributed by atoms with E-state index < -0.39 is 81.8 Å². The molecule has 2 aliphatic heterocycles. The van der Waals surface area contributed by atoms with E-state index in [1.54, 1.807) is 0 Å². The second-order valence-corrected chi connectivity index (χ2v) is 7.41. The minimum atomic E-state index is -4.96. The lowest BCUT2D eigenvalue weighted by Crippen LogP contribution is -2.64. The first-order valence-electron chi connectivity index (χ1n) is 7.81. The van der Waals surface area contributed by atoms with Gasteiger partial charge in [-0.05, 0) is 0 Å². The Balaban J connectivity index is 2.11. The maximum absolute atomic E-state index is 11.1. The second-order valence-electron chi connectivity index (χ2n) is 6.17. The second kappa shape index (κ2) is 8.93. The molecule has 0 amide bonds. The van der Waals surface area contributed by atoms with E-state index in [1.807, 2.05) is 0 Å². The molecule has 2 rings (SSSR count). The van der Waals surface area contributed by atoms with E-state index in [1.165, 1.54) is 0 Å². The normalized spacial score (nSPS) is 45.0. The van der Waals surface area contributed by atoms with E-state index in [-0.39, 0.29) is 0 Å². The van der Waals surface area contributed by atoms with E-state index >= 15 is 0 Å². The van der Waals surface area contributed by atoms with E-state index in [4.69, 9.17) is 29.1 Å². The number of rotatable bonds is 6. The van der Waals surface area contributed by atoms with Crippen LogP contribution in [0.15, 0.2) is 0 Å². The third-order valence-corrected chi connectivity index (χ3v) is 4.64. The number of ether oxygens (including phenoxy) is 3. The van der Waals surface area contributed by atoms with Crippen molar-refractivity contribution in [2.45, 2.75) is 61.4 Å². The van der Waals surface area contributed by atoms with Gasteiger partial charge in [-0.25, -0.2) is 9.36 Å². The van der Waals surface area contributed by atoms with Crippen LogP contribution >= 0.6 is 7.82 Å². The Morgan fingerprint density at radius 2 is 1.32 bits per heavy atom. The standard InChI is InChI=1S/C12H21O15P/c13-3-2(1-24-28(21,22)23)25-11(7(17)4(3)14)27-12-8(18)5(15)6(16)9(26-12)10(19)20/h2-9,11-18H,1H2,(H,19,20)(H2,21,22,23)/t2-,3+,4+,5+,6+,7-,8-,9+,11?,12?/m1/s1. The fourth-order valence-electron chi connectivity index (χ4n) is 2.63. The molecule has 16 heteroatoms. The van der Waals surface area contributed by atoms with Crippen molar-refractivity contribution in [2.75, 3.05) is 6.61 Å². The molecule has 0 radical (unpaired) electrons. The summed E-state index contributed by atoms with van der Waals surface area (Å²) in [6.07, 6.45) is -19.2. The lowest BCUT2D eigenvalue weighted by atomic mass is 9.98. The molecule has 0 aromatic rings. The maximum atomic E-state index is 11.1. The smallest absolute Gasteiger partial charge is 0.469 e.